The van der Waals surface area contributed by atoms with E-state index in [1.807, 2.05) is 0 Å². The number of β-amino-alcohol motifs (C(OH)–C–C–N with tert-alkyl or cyclic N) is 1. The Labute approximate surface area is 127 Å². The predicted molar refractivity (Wildman–Crippen MR) is 76.0 cm³/mol. The fourth-order valence-corrected chi connectivity index (χ4v) is 2.73. The first-order valence-electron chi connectivity index (χ1n) is 7.00. The van der Waals surface area contributed by atoms with E-state index in [-0.39, 0.29) is 24.4 Å². The van der Waals surface area contributed by atoms with E-state index in [0.29, 0.717) is 0 Å². The number of amides is 1. The van der Waals surface area contributed by atoms with Crippen LogP contribution in [0.1, 0.15) is 37.4 Å². The summed E-state index contributed by atoms with van der Waals surface area (Å²) in [6.45, 7) is 3.52. The third kappa shape index (κ3) is 3.50. The minimum atomic E-state index is -4.49. The molecule has 0 aliphatic carbocycles. The zero-order chi connectivity index (χ0) is 16.5. The Balaban J connectivity index is 2.42. The molecule has 0 bridgehead atoms. The number of benzene rings is 1. The van der Waals surface area contributed by atoms with Crippen molar-refractivity contribution in [2.24, 2.45) is 0 Å². The van der Waals surface area contributed by atoms with Gasteiger partial charge in [0.05, 0.1) is 17.7 Å². The Morgan fingerprint density at radius 3 is 2.55 bits per heavy atom. The lowest BCUT2D eigenvalue weighted by molar-refractivity contribution is -0.139. The molecule has 1 aliphatic heterocycles. The van der Waals surface area contributed by atoms with Gasteiger partial charge in [-0.1, -0.05) is 23.8 Å². The third-order valence-corrected chi connectivity index (χ3v) is 3.60. The summed E-state index contributed by atoms with van der Waals surface area (Å²) in [5, 5.41) is 9.81. The van der Waals surface area contributed by atoms with Crippen LogP contribution < -0.4 is 0 Å². The average molecular weight is 313 g/mol. The Bertz CT molecular complexity index is 591. The minimum Gasteiger partial charge on any atom is -0.391 e. The number of nitrogens with zero attached hydrogens (tertiary/aromatic N) is 1. The lowest BCUT2D eigenvalue weighted by atomic mass is 9.97. The number of aliphatic hydroxyl groups excluding tert-OH is 1. The molecule has 3 nitrogen and oxygen atoms in total. The standard InChI is InChI=1S/C16H18F3NO2/c1-10(2)7-15(22)20-9-11(21)8-14(20)12-5-3-4-6-13(12)16(17,18)19/h3-7,11,14,21H,8-9H2,1-2H3. The summed E-state index contributed by atoms with van der Waals surface area (Å²) < 4.78 is 39.5. The molecule has 2 rings (SSSR count). The van der Waals surface area contributed by atoms with Gasteiger partial charge in [0.15, 0.2) is 0 Å². The van der Waals surface area contributed by atoms with E-state index in [9.17, 15) is 23.1 Å². The largest absolute Gasteiger partial charge is 0.416 e. The van der Waals surface area contributed by atoms with Gasteiger partial charge in [-0.25, -0.2) is 0 Å². The predicted octanol–water partition coefficient (Wildman–Crippen LogP) is 3.31. The molecule has 1 aromatic rings. The Hall–Kier alpha value is -1.82. The molecule has 0 spiro atoms. The molecule has 120 valence electrons. The lowest BCUT2D eigenvalue weighted by Crippen LogP contribution is -2.31. The third-order valence-electron chi connectivity index (χ3n) is 3.60. The first-order chi connectivity index (χ1) is 10.2. The van der Waals surface area contributed by atoms with Crippen LogP contribution >= 0.6 is 0 Å². The van der Waals surface area contributed by atoms with Gasteiger partial charge in [0, 0.05) is 12.6 Å². The van der Waals surface area contributed by atoms with Crippen molar-refractivity contribution >= 4 is 5.91 Å². The number of hydrogen-bond acceptors (Lipinski definition) is 2. The molecule has 2 atom stereocenters. The van der Waals surface area contributed by atoms with Crippen LogP contribution in [-0.2, 0) is 11.0 Å². The zero-order valence-corrected chi connectivity index (χ0v) is 12.4. The van der Waals surface area contributed by atoms with Crippen LogP contribution in [0.5, 0.6) is 0 Å². The van der Waals surface area contributed by atoms with Crippen LogP contribution in [0.15, 0.2) is 35.9 Å². The molecule has 0 radical (unpaired) electrons. The van der Waals surface area contributed by atoms with Gasteiger partial charge in [-0.05, 0) is 31.9 Å². The smallest absolute Gasteiger partial charge is 0.391 e. The van der Waals surface area contributed by atoms with E-state index in [0.717, 1.165) is 11.6 Å². The van der Waals surface area contributed by atoms with E-state index in [1.54, 1.807) is 13.8 Å². The van der Waals surface area contributed by atoms with Crippen molar-refractivity contribution in [2.75, 3.05) is 6.54 Å². The van der Waals surface area contributed by atoms with Crippen molar-refractivity contribution < 1.29 is 23.1 Å². The molecule has 1 saturated heterocycles. The summed E-state index contributed by atoms with van der Waals surface area (Å²) in [4.78, 5) is 13.5. The SMILES string of the molecule is CC(C)=CC(=O)N1CC(O)CC1c1ccccc1C(F)(F)F. The molecule has 22 heavy (non-hydrogen) atoms. The maximum absolute atomic E-state index is 13.2. The number of halogens is 3. The van der Waals surface area contributed by atoms with Gasteiger partial charge < -0.3 is 10.0 Å². The number of carbonyl (C=O) groups is 1. The molecule has 0 saturated carbocycles. The van der Waals surface area contributed by atoms with E-state index in [1.165, 1.54) is 29.2 Å². The molecule has 1 heterocycles. The van der Waals surface area contributed by atoms with Crippen LogP contribution in [0, 0.1) is 0 Å². The number of hydrogen-bond donors (Lipinski definition) is 1. The zero-order valence-electron chi connectivity index (χ0n) is 12.4. The van der Waals surface area contributed by atoms with Crippen LogP contribution in [0.2, 0.25) is 0 Å². The normalized spacial score (nSPS) is 21.8. The summed E-state index contributed by atoms with van der Waals surface area (Å²) in [5.41, 5.74) is 0.0282. The number of alkyl halides is 3. The number of rotatable bonds is 2. The second-order valence-corrected chi connectivity index (χ2v) is 5.70. The topological polar surface area (TPSA) is 40.5 Å². The fraction of sp³-hybridized carbons (Fsp3) is 0.438. The second kappa shape index (κ2) is 6.12. The molecular weight excluding hydrogens is 295 g/mol. The summed E-state index contributed by atoms with van der Waals surface area (Å²) >= 11 is 0. The number of allylic oxidation sites excluding steroid dienone is 1. The van der Waals surface area contributed by atoms with Crippen molar-refractivity contribution in [2.45, 2.75) is 38.6 Å². The minimum absolute atomic E-state index is 0.0297. The summed E-state index contributed by atoms with van der Waals surface area (Å²) in [6.07, 6.45) is -3.83. The van der Waals surface area contributed by atoms with Gasteiger partial charge in [-0.15, -0.1) is 0 Å². The lowest BCUT2D eigenvalue weighted by Gasteiger charge is -2.26. The molecule has 1 N–H and O–H groups in total. The van der Waals surface area contributed by atoms with Gasteiger partial charge in [-0.3, -0.25) is 4.79 Å². The van der Waals surface area contributed by atoms with E-state index >= 15 is 0 Å². The van der Waals surface area contributed by atoms with Crippen LogP contribution in [0.4, 0.5) is 13.2 Å². The van der Waals surface area contributed by atoms with E-state index in [4.69, 9.17) is 0 Å². The van der Waals surface area contributed by atoms with E-state index in [2.05, 4.69) is 0 Å². The molecular formula is C16H18F3NO2. The first kappa shape index (κ1) is 16.5. The highest BCUT2D eigenvalue weighted by atomic mass is 19.4. The second-order valence-electron chi connectivity index (χ2n) is 5.70. The number of aliphatic hydroxyl groups is 1. The van der Waals surface area contributed by atoms with E-state index < -0.39 is 23.9 Å². The van der Waals surface area contributed by atoms with Crippen molar-refractivity contribution in [1.29, 1.82) is 0 Å². The number of carbonyl (C=O) groups excluding carboxylic acids is 1. The molecule has 1 aliphatic rings. The quantitative estimate of drug-likeness (QED) is 0.851. The molecule has 0 aromatic heterocycles. The first-order valence-corrected chi connectivity index (χ1v) is 7.00. The number of likely N-dealkylation sites (tertiary alicyclic amines) is 1. The summed E-state index contributed by atoms with van der Waals surface area (Å²) in [7, 11) is 0. The maximum atomic E-state index is 13.2. The van der Waals surface area contributed by atoms with Crippen molar-refractivity contribution in [3.8, 4) is 0 Å². The highest BCUT2D eigenvalue weighted by Crippen LogP contribution is 2.40. The fourth-order valence-electron chi connectivity index (χ4n) is 2.73. The molecule has 1 fully saturated rings. The van der Waals surface area contributed by atoms with Crippen LogP contribution in [0.3, 0.4) is 0 Å². The van der Waals surface area contributed by atoms with Gasteiger partial charge >= 0.3 is 6.18 Å². The Morgan fingerprint density at radius 1 is 1.32 bits per heavy atom. The molecule has 6 heteroatoms. The van der Waals surface area contributed by atoms with Crippen molar-refractivity contribution in [1.82, 2.24) is 4.90 Å². The van der Waals surface area contributed by atoms with Gasteiger partial charge in [0.25, 0.3) is 0 Å². The molecule has 2 unspecified atom stereocenters. The van der Waals surface area contributed by atoms with Gasteiger partial charge in [0.2, 0.25) is 5.91 Å². The van der Waals surface area contributed by atoms with Crippen LogP contribution in [-0.4, -0.2) is 28.6 Å². The summed E-state index contributed by atoms with van der Waals surface area (Å²) in [5.74, 6) is -0.376. The molecule has 1 aromatic carbocycles. The molecule has 1 amide bonds. The van der Waals surface area contributed by atoms with Crippen LogP contribution in [0.25, 0.3) is 0 Å². The maximum Gasteiger partial charge on any atom is 0.416 e. The Kier molecular flexibility index (Phi) is 4.60. The summed E-state index contributed by atoms with van der Waals surface area (Å²) in [6, 6.07) is 4.44. The van der Waals surface area contributed by atoms with Gasteiger partial charge in [0.1, 0.15) is 0 Å². The monoisotopic (exact) mass is 313 g/mol. The van der Waals surface area contributed by atoms with Crippen molar-refractivity contribution in [3.63, 3.8) is 0 Å². The van der Waals surface area contributed by atoms with Crippen molar-refractivity contribution in [3.05, 3.63) is 47.0 Å². The highest BCUT2D eigenvalue weighted by molar-refractivity contribution is 5.88. The highest BCUT2D eigenvalue weighted by Gasteiger charge is 2.40. The van der Waals surface area contributed by atoms with Gasteiger partial charge in [-0.2, -0.15) is 13.2 Å². The average Bonchev–Trinajstić information content (AvgIpc) is 2.79. The Morgan fingerprint density at radius 2 is 1.95 bits per heavy atom.